The zero-order valence-electron chi connectivity index (χ0n) is 20.9. The van der Waals surface area contributed by atoms with Crippen molar-refractivity contribution in [1.82, 2.24) is 0 Å². The van der Waals surface area contributed by atoms with E-state index in [1.807, 2.05) is 0 Å². The van der Waals surface area contributed by atoms with E-state index in [-0.39, 0.29) is 0 Å². The molecule has 0 bridgehead atoms. The Kier molecular flexibility index (Phi) is 16.1. The van der Waals surface area contributed by atoms with Crippen LogP contribution in [0, 0.1) is 0 Å². The fraction of sp³-hybridized carbons (Fsp3) is 0.643. The minimum atomic E-state index is -4.67. The van der Waals surface area contributed by atoms with Crippen LogP contribution in [-0.4, -0.2) is 17.5 Å². The smallest absolute Gasteiger partial charge is 0.264 e. The summed E-state index contributed by atoms with van der Waals surface area (Å²) in [5, 5.41) is 2.93. The van der Waals surface area contributed by atoms with Crippen LogP contribution < -0.4 is 0 Å². The van der Waals surface area contributed by atoms with Crippen LogP contribution in [0.2, 0.25) is 0 Å². The Hall–Kier alpha value is -1.43. The second kappa shape index (κ2) is 18.0. The van der Waals surface area contributed by atoms with Gasteiger partial charge in [-0.2, -0.15) is 8.42 Å². The summed E-state index contributed by atoms with van der Waals surface area (Å²) < 4.78 is 31.6. The lowest BCUT2D eigenvalue weighted by Crippen LogP contribution is -1.97. The van der Waals surface area contributed by atoms with Crippen molar-refractivity contribution in [2.24, 2.45) is 0 Å². The summed E-state index contributed by atoms with van der Waals surface area (Å²) in [6, 6.07) is 13.8. The van der Waals surface area contributed by atoms with Crippen molar-refractivity contribution in [2.45, 2.75) is 117 Å². The van der Waals surface area contributed by atoms with Crippen LogP contribution in [0.5, 0.6) is 0 Å². The van der Waals surface area contributed by atoms with E-state index in [2.05, 4.69) is 50.2 Å². The van der Waals surface area contributed by atoms with Crippen molar-refractivity contribution in [1.29, 1.82) is 0 Å². The molecule has 2 aromatic rings. The lowest BCUT2D eigenvalue weighted by molar-refractivity contribution is 0.381. The Bertz CT molecular complexity index is 853. The van der Waals surface area contributed by atoms with Crippen molar-refractivity contribution < 1.29 is 17.5 Å². The molecule has 0 atom stereocenters. The molecule has 0 aliphatic rings. The van der Waals surface area contributed by atoms with E-state index in [1.165, 1.54) is 114 Å². The molecule has 188 valence electrons. The first-order valence-electron chi connectivity index (χ1n) is 13.1. The van der Waals surface area contributed by atoms with E-state index < -0.39 is 10.4 Å². The van der Waals surface area contributed by atoms with E-state index in [1.54, 1.807) is 11.1 Å². The summed E-state index contributed by atoms with van der Waals surface area (Å²) in [7, 11) is -4.67. The summed E-state index contributed by atoms with van der Waals surface area (Å²) in [6.07, 6.45) is 22.1. The molecule has 2 N–H and O–H groups in total. The Balaban J connectivity index is 0.000000981. The molecule has 0 saturated heterocycles. The molecule has 0 amide bonds. The molecule has 2 rings (SSSR count). The van der Waals surface area contributed by atoms with Gasteiger partial charge in [-0.3, -0.25) is 9.11 Å². The van der Waals surface area contributed by atoms with Gasteiger partial charge in [0.15, 0.2) is 0 Å². The van der Waals surface area contributed by atoms with Crippen LogP contribution in [0.3, 0.4) is 0 Å². The third-order valence-electron chi connectivity index (χ3n) is 6.22. The van der Waals surface area contributed by atoms with E-state index in [9.17, 15) is 0 Å². The molecule has 33 heavy (non-hydrogen) atoms. The maximum absolute atomic E-state index is 8.74. The third kappa shape index (κ3) is 15.2. The maximum Gasteiger partial charge on any atom is 0.394 e. The molecule has 5 heteroatoms. The number of hydrogen-bond donors (Lipinski definition) is 2. The van der Waals surface area contributed by atoms with Crippen molar-refractivity contribution in [3.8, 4) is 0 Å². The molecule has 0 aromatic heterocycles. The standard InChI is InChI=1S/C28H44.H2O4S/c1-3-5-7-9-11-13-15-19-25-23-24-26-20-17-18-22-28(26)27(25)21-16-14-12-10-8-6-4-2;1-5(2,3)4/h17-18,20,22-24H,3-16,19,21H2,1-2H3;(H2,1,2,3,4). The lowest BCUT2D eigenvalue weighted by Gasteiger charge is -2.14. The summed E-state index contributed by atoms with van der Waals surface area (Å²) in [6.45, 7) is 4.60. The second-order valence-corrected chi connectivity index (χ2v) is 10.0. The highest BCUT2D eigenvalue weighted by atomic mass is 32.3. The molecule has 4 nitrogen and oxygen atoms in total. The Morgan fingerprint density at radius 2 is 1.06 bits per heavy atom. The Morgan fingerprint density at radius 1 is 0.606 bits per heavy atom. The highest BCUT2D eigenvalue weighted by Gasteiger charge is 2.08. The molecule has 0 saturated carbocycles. The first kappa shape index (κ1) is 29.6. The van der Waals surface area contributed by atoms with Gasteiger partial charge >= 0.3 is 10.4 Å². The molecular formula is C28H46O4S. The van der Waals surface area contributed by atoms with Crippen molar-refractivity contribution in [2.75, 3.05) is 0 Å². The van der Waals surface area contributed by atoms with E-state index in [4.69, 9.17) is 17.5 Å². The molecule has 0 unspecified atom stereocenters. The van der Waals surface area contributed by atoms with Gasteiger partial charge < -0.3 is 0 Å². The average Bonchev–Trinajstić information content (AvgIpc) is 2.77. The van der Waals surface area contributed by atoms with Gasteiger partial charge in [-0.25, -0.2) is 0 Å². The van der Waals surface area contributed by atoms with Gasteiger partial charge in [-0.05, 0) is 47.6 Å². The van der Waals surface area contributed by atoms with Crippen LogP contribution in [0.25, 0.3) is 10.8 Å². The Morgan fingerprint density at radius 3 is 1.61 bits per heavy atom. The zero-order valence-corrected chi connectivity index (χ0v) is 21.7. The van der Waals surface area contributed by atoms with Crippen LogP contribution in [0.4, 0.5) is 0 Å². The van der Waals surface area contributed by atoms with Crippen LogP contribution in [0.1, 0.15) is 115 Å². The van der Waals surface area contributed by atoms with Gasteiger partial charge in [0.05, 0.1) is 0 Å². The molecule has 0 aliphatic heterocycles. The Labute approximate surface area is 202 Å². The quantitative estimate of drug-likeness (QED) is 0.187. The molecule has 0 aliphatic carbocycles. The molecule has 0 radical (unpaired) electrons. The first-order chi connectivity index (χ1) is 15.9. The third-order valence-corrected chi connectivity index (χ3v) is 6.22. The molecule has 0 heterocycles. The maximum atomic E-state index is 8.74. The lowest BCUT2D eigenvalue weighted by atomic mass is 9.91. The van der Waals surface area contributed by atoms with Gasteiger partial charge in [-0.15, -0.1) is 0 Å². The summed E-state index contributed by atoms with van der Waals surface area (Å²) >= 11 is 0. The topological polar surface area (TPSA) is 74.6 Å². The van der Waals surface area contributed by atoms with Crippen molar-refractivity contribution in [3.05, 3.63) is 47.5 Å². The van der Waals surface area contributed by atoms with Crippen LogP contribution in [-0.2, 0) is 23.2 Å². The number of unbranched alkanes of at least 4 members (excludes halogenated alkanes) is 12. The minimum Gasteiger partial charge on any atom is -0.264 e. The zero-order chi connectivity index (χ0) is 24.4. The van der Waals surface area contributed by atoms with Gasteiger partial charge in [-0.1, -0.05) is 127 Å². The van der Waals surface area contributed by atoms with Gasteiger partial charge in [0, 0.05) is 0 Å². The molecule has 0 fully saturated rings. The largest absolute Gasteiger partial charge is 0.394 e. The first-order valence-corrected chi connectivity index (χ1v) is 14.5. The number of hydrogen-bond acceptors (Lipinski definition) is 2. The summed E-state index contributed by atoms with van der Waals surface area (Å²) in [5.41, 5.74) is 3.27. The minimum absolute atomic E-state index is 1.26. The summed E-state index contributed by atoms with van der Waals surface area (Å²) in [5.74, 6) is 0. The summed E-state index contributed by atoms with van der Waals surface area (Å²) in [4.78, 5) is 0. The van der Waals surface area contributed by atoms with Gasteiger partial charge in [0.25, 0.3) is 0 Å². The van der Waals surface area contributed by atoms with E-state index in [0.29, 0.717) is 0 Å². The van der Waals surface area contributed by atoms with Gasteiger partial charge in [0.1, 0.15) is 0 Å². The highest BCUT2D eigenvalue weighted by Crippen LogP contribution is 2.26. The highest BCUT2D eigenvalue weighted by molar-refractivity contribution is 7.79. The number of aryl methyl sites for hydroxylation is 2. The van der Waals surface area contributed by atoms with Crippen LogP contribution >= 0.6 is 0 Å². The number of benzene rings is 2. The second-order valence-electron chi connectivity index (χ2n) is 9.11. The van der Waals surface area contributed by atoms with Crippen LogP contribution in [0.15, 0.2) is 36.4 Å². The monoisotopic (exact) mass is 478 g/mol. The van der Waals surface area contributed by atoms with Crippen molar-refractivity contribution >= 4 is 21.2 Å². The van der Waals surface area contributed by atoms with Crippen molar-refractivity contribution in [3.63, 3.8) is 0 Å². The van der Waals surface area contributed by atoms with E-state index in [0.717, 1.165) is 0 Å². The normalized spacial score (nSPS) is 11.4. The fourth-order valence-electron chi connectivity index (χ4n) is 4.44. The van der Waals surface area contributed by atoms with Gasteiger partial charge in [0.2, 0.25) is 0 Å². The predicted molar refractivity (Wildman–Crippen MR) is 142 cm³/mol. The molecule has 0 spiro atoms. The average molecular weight is 479 g/mol. The SMILES string of the molecule is CCCCCCCCCc1ccc2ccccc2c1CCCCCCCCC.O=S(=O)(O)O. The molecule has 2 aromatic carbocycles. The predicted octanol–water partition coefficient (Wildman–Crippen LogP) is 8.77. The van der Waals surface area contributed by atoms with E-state index >= 15 is 0 Å². The molecular weight excluding hydrogens is 432 g/mol. The number of fused-ring (bicyclic) bond motifs is 1. The number of rotatable bonds is 16. The fourth-order valence-corrected chi connectivity index (χ4v) is 4.44.